The Kier molecular flexibility index (Phi) is 9.50. The average molecular weight is 554 g/mol. The summed E-state index contributed by atoms with van der Waals surface area (Å²) in [6, 6.07) is 30.4. The molecule has 0 bridgehead atoms. The maximum absolute atomic E-state index is 13.6. The minimum Gasteiger partial charge on any atom is -0.399 e. The van der Waals surface area contributed by atoms with Crippen LogP contribution in [0.15, 0.2) is 91.0 Å². The number of fused-ring (bicyclic) bond motifs is 1. The monoisotopic (exact) mass is 553 g/mol. The molecule has 1 aliphatic carbocycles. The van der Waals surface area contributed by atoms with Gasteiger partial charge in [0.2, 0.25) is 18.2 Å². The third kappa shape index (κ3) is 7.30. The van der Waals surface area contributed by atoms with E-state index in [1.807, 2.05) is 60.4 Å². The van der Waals surface area contributed by atoms with Gasteiger partial charge in [0.1, 0.15) is 5.75 Å². The molecule has 0 saturated carbocycles. The Morgan fingerprint density at radius 3 is 2.60 bits per heavy atom. The van der Waals surface area contributed by atoms with Crippen molar-refractivity contribution in [2.24, 2.45) is 0 Å². The molecule has 0 aliphatic heterocycles. The third-order valence-electron chi connectivity index (χ3n) is 7.24. The highest BCUT2D eigenvalue weighted by atomic mass is 32.2. The molecule has 0 spiro atoms. The molecule has 40 heavy (non-hydrogen) atoms. The predicted molar refractivity (Wildman–Crippen MR) is 161 cm³/mol. The fraction of sp³-hybridized carbons (Fsp3) is 0.273. The second kappa shape index (κ2) is 13.6. The van der Waals surface area contributed by atoms with Crippen LogP contribution in [0.5, 0.6) is 5.75 Å². The van der Waals surface area contributed by atoms with Crippen molar-refractivity contribution in [3.63, 3.8) is 0 Å². The van der Waals surface area contributed by atoms with E-state index in [4.69, 9.17) is 8.47 Å². The zero-order chi connectivity index (χ0) is 27.7. The first-order valence-corrected chi connectivity index (χ1v) is 14.5. The molecule has 5 rings (SSSR count). The first kappa shape index (κ1) is 27.9. The fourth-order valence-corrected chi connectivity index (χ4v) is 5.38. The molecule has 0 radical (unpaired) electrons. The van der Waals surface area contributed by atoms with Crippen LogP contribution < -0.4 is 14.6 Å². The van der Waals surface area contributed by atoms with Gasteiger partial charge in [-0.3, -0.25) is 9.78 Å². The van der Waals surface area contributed by atoms with Crippen LogP contribution >= 0.6 is 12.3 Å². The summed E-state index contributed by atoms with van der Waals surface area (Å²) in [5.74, 6) is 0.816. The summed E-state index contributed by atoms with van der Waals surface area (Å²) >= 11 is 0.920. The van der Waals surface area contributed by atoms with Gasteiger partial charge in [-0.15, -0.1) is 0 Å². The summed E-state index contributed by atoms with van der Waals surface area (Å²) in [4.78, 5) is 20.1. The topological polar surface area (TPSA) is 63.7 Å². The number of carbonyl (C=O) groups excluding carboxylic acids is 1. The third-order valence-corrected chi connectivity index (χ3v) is 7.67. The molecular weight excluding hydrogens is 518 g/mol. The van der Waals surface area contributed by atoms with Crippen LogP contribution in [0.25, 0.3) is 0 Å². The first-order valence-electron chi connectivity index (χ1n) is 13.8. The number of anilines is 1. The molecule has 0 fully saturated rings. The number of pyridine rings is 1. The van der Waals surface area contributed by atoms with Crippen LogP contribution in [0.3, 0.4) is 0 Å². The summed E-state index contributed by atoms with van der Waals surface area (Å²) in [7, 11) is 0. The van der Waals surface area contributed by atoms with Gasteiger partial charge in [-0.05, 0) is 91.3 Å². The first-order chi connectivity index (χ1) is 19.6. The molecule has 0 saturated heterocycles. The maximum atomic E-state index is 13.6. The molecule has 1 unspecified atom stereocenters. The molecule has 7 heteroatoms. The van der Waals surface area contributed by atoms with Gasteiger partial charge in [-0.2, -0.15) is 9.76 Å². The highest BCUT2D eigenvalue weighted by molar-refractivity contribution is 7.90. The Morgan fingerprint density at radius 2 is 1.82 bits per heavy atom. The average Bonchev–Trinajstić information content (AvgIpc) is 3.40. The van der Waals surface area contributed by atoms with E-state index in [1.165, 1.54) is 11.1 Å². The number of nitrogens with one attached hydrogen (secondary N) is 1. The minimum absolute atomic E-state index is 0.00637. The van der Waals surface area contributed by atoms with Crippen molar-refractivity contribution in [3.05, 3.63) is 125 Å². The smallest absolute Gasteiger partial charge is 0.244 e. The molecular formula is C33H35N3O3S. The lowest BCUT2D eigenvalue weighted by Crippen LogP contribution is -2.31. The Hall–Kier alpha value is -3.65. The number of benzene rings is 3. The largest absolute Gasteiger partial charge is 0.399 e. The lowest BCUT2D eigenvalue weighted by molar-refractivity contribution is -0.118. The number of hydrogen-bond acceptors (Lipinski definition) is 6. The Bertz CT molecular complexity index is 1410. The number of carbonyl (C=O) groups is 1. The summed E-state index contributed by atoms with van der Waals surface area (Å²) in [5.41, 5.74) is 10.6. The van der Waals surface area contributed by atoms with Crippen molar-refractivity contribution in [1.29, 1.82) is 0 Å². The van der Waals surface area contributed by atoms with E-state index in [-0.39, 0.29) is 11.9 Å². The van der Waals surface area contributed by atoms with Gasteiger partial charge >= 0.3 is 0 Å². The Balaban J connectivity index is 1.27. The fourth-order valence-electron chi connectivity index (χ4n) is 5.00. The van der Waals surface area contributed by atoms with Gasteiger partial charge in [-0.25, -0.2) is 0 Å². The quantitative estimate of drug-likeness (QED) is 0.113. The Labute approximate surface area is 241 Å². The van der Waals surface area contributed by atoms with E-state index >= 15 is 0 Å². The van der Waals surface area contributed by atoms with E-state index in [0.717, 1.165) is 65.5 Å². The SMILES string of the molecule is CCc1ccc(OSONC2CCc3ccc(N(Cc4cccc(C)n4)C(=O)CCc4ccccc4)cc32)cc1. The normalized spacial score (nSPS) is 14.1. The molecule has 1 amide bonds. The van der Waals surface area contributed by atoms with Crippen LogP contribution in [-0.4, -0.2) is 10.9 Å². The van der Waals surface area contributed by atoms with Crippen molar-refractivity contribution < 1.29 is 13.3 Å². The standard InChI is InChI=1S/C33H35N3O3S/c1-3-25-12-18-30(19-13-25)38-40-39-35-32-20-16-27-15-17-29(22-31(27)32)36(23-28-11-7-8-24(2)34-28)33(37)21-14-26-9-5-4-6-10-26/h4-13,15,17-19,22,32,35H,3,14,16,20-21,23H2,1-2H3. The van der Waals surface area contributed by atoms with Crippen LogP contribution in [-0.2, 0) is 34.9 Å². The number of amides is 1. The number of aromatic nitrogens is 1. The Morgan fingerprint density at radius 1 is 1.00 bits per heavy atom. The van der Waals surface area contributed by atoms with Crippen molar-refractivity contribution in [2.45, 2.75) is 58.5 Å². The van der Waals surface area contributed by atoms with Crippen LogP contribution in [0, 0.1) is 6.92 Å². The molecule has 1 N–H and O–H groups in total. The van der Waals surface area contributed by atoms with Gasteiger partial charge in [0.25, 0.3) is 0 Å². The zero-order valence-corrected chi connectivity index (χ0v) is 23.8. The van der Waals surface area contributed by atoms with Gasteiger partial charge in [0, 0.05) is 17.8 Å². The van der Waals surface area contributed by atoms with Gasteiger partial charge in [0.05, 0.1) is 18.3 Å². The van der Waals surface area contributed by atoms with Crippen molar-refractivity contribution in [2.75, 3.05) is 4.90 Å². The van der Waals surface area contributed by atoms with Crippen molar-refractivity contribution in [3.8, 4) is 5.75 Å². The highest BCUT2D eigenvalue weighted by Crippen LogP contribution is 2.35. The zero-order valence-electron chi connectivity index (χ0n) is 23.0. The molecule has 4 aromatic rings. The molecule has 1 atom stereocenters. The summed E-state index contributed by atoms with van der Waals surface area (Å²) in [6.07, 6.45) is 3.96. The number of rotatable bonds is 12. The molecule has 206 valence electrons. The predicted octanol–water partition coefficient (Wildman–Crippen LogP) is 7.27. The van der Waals surface area contributed by atoms with Gasteiger partial charge in [-0.1, -0.05) is 61.5 Å². The van der Waals surface area contributed by atoms with Gasteiger partial charge in [0.15, 0.2) is 0 Å². The number of hydroxylamine groups is 1. The summed E-state index contributed by atoms with van der Waals surface area (Å²) < 4.78 is 11.3. The summed E-state index contributed by atoms with van der Waals surface area (Å²) in [6.45, 7) is 4.52. The molecule has 6 nitrogen and oxygen atoms in total. The van der Waals surface area contributed by atoms with Crippen LogP contribution in [0.4, 0.5) is 5.69 Å². The molecule has 3 aromatic carbocycles. The van der Waals surface area contributed by atoms with Gasteiger partial charge < -0.3 is 9.08 Å². The van der Waals surface area contributed by atoms with Crippen molar-refractivity contribution in [1.82, 2.24) is 10.5 Å². The molecule has 1 aromatic heterocycles. The lowest BCUT2D eigenvalue weighted by Gasteiger charge is -2.24. The molecule has 1 aliphatic rings. The van der Waals surface area contributed by atoms with Crippen LogP contribution in [0.2, 0.25) is 0 Å². The molecule has 1 heterocycles. The number of hydrogen-bond donors (Lipinski definition) is 1. The minimum atomic E-state index is 0.00637. The van der Waals surface area contributed by atoms with E-state index < -0.39 is 0 Å². The summed E-state index contributed by atoms with van der Waals surface area (Å²) in [5, 5.41) is 0. The van der Waals surface area contributed by atoms with E-state index in [9.17, 15) is 4.79 Å². The lowest BCUT2D eigenvalue weighted by atomic mass is 10.1. The van der Waals surface area contributed by atoms with Crippen molar-refractivity contribution >= 4 is 23.9 Å². The highest BCUT2D eigenvalue weighted by Gasteiger charge is 2.26. The second-order valence-corrected chi connectivity index (χ2v) is 10.5. The van der Waals surface area contributed by atoms with E-state index in [0.29, 0.717) is 19.4 Å². The number of nitrogens with zero attached hydrogens (tertiary/aromatic N) is 2. The number of aryl methyl sites for hydroxylation is 4. The van der Waals surface area contributed by atoms with E-state index in [1.54, 1.807) is 0 Å². The van der Waals surface area contributed by atoms with E-state index in [2.05, 4.69) is 59.9 Å². The second-order valence-electron chi connectivity index (χ2n) is 10.1. The maximum Gasteiger partial charge on any atom is 0.244 e. The van der Waals surface area contributed by atoms with Crippen LogP contribution in [0.1, 0.15) is 59.4 Å².